The molecule has 0 atom stereocenters. The number of amides is 1. The van der Waals surface area contributed by atoms with E-state index in [4.69, 9.17) is 25.8 Å². The summed E-state index contributed by atoms with van der Waals surface area (Å²) in [6.45, 7) is 6.71. The van der Waals surface area contributed by atoms with Gasteiger partial charge in [-0.05, 0) is 49.4 Å². The normalized spacial score (nSPS) is 13.7. The van der Waals surface area contributed by atoms with Gasteiger partial charge in [0, 0.05) is 48.8 Å². The SMILES string of the molecule is C=CC(=O)N1CCC(Oc2cc3c(Nc4ccc(Oc5ccc(C)nc5)c(Cl)c4)ncnc3cc2OC)CC1. The number of pyridine rings is 1. The molecule has 9 nitrogen and oxygen atoms in total. The number of nitrogens with zero attached hydrogens (tertiary/aromatic N) is 4. The van der Waals surface area contributed by atoms with Gasteiger partial charge in [0.25, 0.3) is 0 Å². The molecule has 0 aliphatic carbocycles. The number of hydrogen-bond acceptors (Lipinski definition) is 8. The molecule has 2 aromatic heterocycles. The topological polar surface area (TPSA) is 98.7 Å². The van der Waals surface area contributed by atoms with E-state index in [0.717, 1.165) is 16.8 Å². The monoisotopic (exact) mass is 545 g/mol. The largest absolute Gasteiger partial charge is 0.493 e. The van der Waals surface area contributed by atoms with Crippen LogP contribution in [0.1, 0.15) is 18.5 Å². The minimum absolute atomic E-state index is 0.0543. The van der Waals surface area contributed by atoms with Crippen molar-refractivity contribution in [1.82, 2.24) is 19.9 Å². The molecule has 10 heteroatoms. The van der Waals surface area contributed by atoms with Crippen LogP contribution in [0.15, 0.2) is 67.6 Å². The van der Waals surface area contributed by atoms with E-state index in [2.05, 4.69) is 26.8 Å². The number of carbonyl (C=O) groups is 1. The molecule has 0 bridgehead atoms. The fraction of sp³-hybridized carbons (Fsp3) is 0.241. The van der Waals surface area contributed by atoms with Crippen LogP contribution in [-0.2, 0) is 4.79 Å². The number of nitrogens with one attached hydrogen (secondary N) is 1. The molecule has 1 aliphatic rings. The van der Waals surface area contributed by atoms with E-state index < -0.39 is 0 Å². The van der Waals surface area contributed by atoms with E-state index in [1.165, 1.54) is 12.4 Å². The minimum atomic E-state index is -0.0588. The number of anilines is 2. The Bertz CT molecular complexity index is 1500. The molecular formula is C29H28ClN5O4. The Hall–Kier alpha value is -4.37. The zero-order valence-electron chi connectivity index (χ0n) is 21.7. The van der Waals surface area contributed by atoms with Crippen LogP contribution in [0.2, 0.25) is 5.02 Å². The maximum absolute atomic E-state index is 11.9. The zero-order chi connectivity index (χ0) is 27.4. The summed E-state index contributed by atoms with van der Waals surface area (Å²) in [4.78, 5) is 26.8. The molecule has 1 saturated heterocycles. The highest BCUT2D eigenvalue weighted by Crippen LogP contribution is 2.37. The van der Waals surface area contributed by atoms with Crippen molar-refractivity contribution in [2.45, 2.75) is 25.9 Å². The molecule has 3 heterocycles. The summed E-state index contributed by atoms with van der Waals surface area (Å²) >= 11 is 6.52. The van der Waals surface area contributed by atoms with Crippen LogP contribution in [0.25, 0.3) is 10.9 Å². The Balaban J connectivity index is 1.35. The zero-order valence-corrected chi connectivity index (χ0v) is 22.4. The molecule has 0 saturated carbocycles. The van der Waals surface area contributed by atoms with Gasteiger partial charge in [0.15, 0.2) is 11.5 Å². The van der Waals surface area contributed by atoms with Crippen molar-refractivity contribution < 1.29 is 19.0 Å². The van der Waals surface area contributed by atoms with Gasteiger partial charge in [0.1, 0.15) is 29.7 Å². The van der Waals surface area contributed by atoms with Gasteiger partial charge in [-0.25, -0.2) is 9.97 Å². The molecule has 2 aromatic carbocycles. The van der Waals surface area contributed by atoms with Crippen molar-refractivity contribution in [2.75, 3.05) is 25.5 Å². The third kappa shape index (κ3) is 6.04. The summed E-state index contributed by atoms with van der Waals surface area (Å²) in [5, 5.41) is 4.52. The molecule has 1 aliphatic heterocycles. The lowest BCUT2D eigenvalue weighted by molar-refractivity contribution is -0.127. The second kappa shape index (κ2) is 11.6. The van der Waals surface area contributed by atoms with Crippen molar-refractivity contribution in [1.29, 1.82) is 0 Å². The van der Waals surface area contributed by atoms with Gasteiger partial charge in [-0.15, -0.1) is 0 Å². The smallest absolute Gasteiger partial charge is 0.245 e. The number of halogens is 1. The first-order chi connectivity index (χ1) is 18.9. The molecule has 1 fully saturated rings. The van der Waals surface area contributed by atoms with E-state index >= 15 is 0 Å². The summed E-state index contributed by atoms with van der Waals surface area (Å²) < 4.78 is 17.8. The van der Waals surface area contributed by atoms with Gasteiger partial charge in [-0.1, -0.05) is 18.2 Å². The van der Waals surface area contributed by atoms with Gasteiger partial charge in [0.05, 0.1) is 23.8 Å². The third-order valence-electron chi connectivity index (χ3n) is 6.45. The molecule has 5 rings (SSSR count). The Morgan fingerprint density at radius 1 is 1.08 bits per heavy atom. The highest BCUT2D eigenvalue weighted by atomic mass is 35.5. The maximum atomic E-state index is 11.9. The van der Waals surface area contributed by atoms with E-state index in [-0.39, 0.29) is 12.0 Å². The van der Waals surface area contributed by atoms with Gasteiger partial charge in [-0.3, -0.25) is 9.78 Å². The first-order valence-electron chi connectivity index (χ1n) is 12.5. The number of aryl methyl sites for hydroxylation is 1. The molecule has 1 amide bonds. The van der Waals surface area contributed by atoms with Crippen LogP contribution in [-0.4, -0.2) is 52.1 Å². The predicted molar refractivity (Wildman–Crippen MR) is 150 cm³/mol. The van der Waals surface area contributed by atoms with Gasteiger partial charge >= 0.3 is 0 Å². The molecule has 0 unspecified atom stereocenters. The van der Waals surface area contributed by atoms with Crippen molar-refractivity contribution in [3.05, 3.63) is 78.4 Å². The summed E-state index contributed by atoms with van der Waals surface area (Å²) in [6.07, 6.45) is 5.85. The number of likely N-dealkylation sites (tertiary alicyclic amines) is 1. The first kappa shape index (κ1) is 26.2. The average Bonchev–Trinajstić information content (AvgIpc) is 2.95. The minimum Gasteiger partial charge on any atom is -0.493 e. The molecule has 39 heavy (non-hydrogen) atoms. The van der Waals surface area contributed by atoms with Crippen LogP contribution in [0.5, 0.6) is 23.0 Å². The molecular weight excluding hydrogens is 518 g/mol. The van der Waals surface area contributed by atoms with Crippen LogP contribution in [0, 0.1) is 6.92 Å². The van der Waals surface area contributed by atoms with Crippen LogP contribution in [0.4, 0.5) is 11.5 Å². The number of rotatable bonds is 8. The van der Waals surface area contributed by atoms with Crippen molar-refractivity contribution in [3.63, 3.8) is 0 Å². The number of methoxy groups -OCH3 is 1. The summed E-state index contributed by atoms with van der Waals surface area (Å²) in [7, 11) is 1.60. The van der Waals surface area contributed by atoms with Crippen LogP contribution >= 0.6 is 11.6 Å². The Morgan fingerprint density at radius 2 is 1.90 bits per heavy atom. The molecule has 0 spiro atoms. The van der Waals surface area contributed by atoms with Crippen molar-refractivity contribution in [3.8, 4) is 23.0 Å². The van der Waals surface area contributed by atoms with E-state index in [0.29, 0.717) is 65.3 Å². The Morgan fingerprint density at radius 3 is 2.59 bits per heavy atom. The number of ether oxygens (including phenoxy) is 3. The van der Waals surface area contributed by atoms with Crippen LogP contribution < -0.4 is 19.5 Å². The van der Waals surface area contributed by atoms with E-state index in [1.54, 1.807) is 30.3 Å². The molecule has 0 radical (unpaired) electrons. The molecule has 1 N–H and O–H groups in total. The van der Waals surface area contributed by atoms with Gasteiger partial charge in [0.2, 0.25) is 5.91 Å². The average molecular weight is 546 g/mol. The second-order valence-electron chi connectivity index (χ2n) is 9.10. The lowest BCUT2D eigenvalue weighted by atomic mass is 10.1. The third-order valence-corrected chi connectivity index (χ3v) is 6.74. The molecule has 200 valence electrons. The standard InChI is InChI=1S/C29H28ClN5O4/c1-4-28(36)35-11-9-20(10-12-35)38-27-14-22-24(15-26(27)37-3)32-17-33-29(22)34-19-6-8-25(23(30)13-19)39-21-7-5-18(2)31-16-21/h4-8,13-17,20H,1,9-12H2,2-3H3,(H,32,33,34). The summed E-state index contributed by atoms with van der Waals surface area (Å²) in [5.41, 5.74) is 2.33. The van der Waals surface area contributed by atoms with Crippen LogP contribution in [0.3, 0.4) is 0 Å². The number of aromatic nitrogens is 3. The first-order valence-corrected chi connectivity index (χ1v) is 12.9. The lowest BCUT2D eigenvalue weighted by Crippen LogP contribution is -2.41. The van der Waals surface area contributed by atoms with E-state index in [9.17, 15) is 4.79 Å². The Labute approximate surface area is 231 Å². The highest BCUT2D eigenvalue weighted by molar-refractivity contribution is 6.32. The number of benzene rings is 2. The van der Waals surface area contributed by atoms with E-state index in [1.807, 2.05) is 37.3 Å². The summed E-state index contributed by atoms with van der Waals surface area (Å²) in [5.74, 6) is 2.81. The highest BCUT2D eigenvalue weighted by Gasteiger charge is 2.24. The Kier molecular flexibility index (Phi) is 7.79. The molecule has 4 aromatic rings. The maximum Gasteiger partial charge on any atom is 0.245 e. The van der Waals surface area contributed by atoms with Gasteiger partial charge in [-0.2, -0.15) is 0 Å². The fourth-order valence-electron chi connectivity index (χ4n) is 4.36. The van der Waals surface area contributed by atoms with Gasteiger partial charge < -0.3 is 24.4 Å². The number of fused-ring (bicyclic) bond motifs is 1. The number of carbonyl (C=O) groups excluding carboxylic acids is 1. The van der Waals surface area contributed by atoms with Crippen molar-refractivity contribution >= 4 is 39.9 Å². The number of hydrogen-bond donors (Lipinski definition) is 1. The fourth-order valence-corrected chi connectivity index (χ4v) is 4.58. The lowest BCUT2D eigenvalue weighted by Gasteiger charge is -2.31. The summed E-state index contributed by atoms with van der Waals surface area (Å²) in [6, 6.07) is 12.8. The van der Waals surface area contributed by atoms with Crippen molar-refractivity contribution in [2.24, 2.45) is 0 Å². The quantitative estimate of drug-likeness (QED) is 0.266. The number of piperidine rings is 1. The predicted octanol–water partition coefficient (Wildman–Crippen LogP) is 6.09. The second-order valence-corrected chi connectivity index (χ2v) is 9.50.